The monoisotopic (exact) mass is 282 g/mol. The molecule has 0 aliphatic heterocycles. The number of carbonyl (C=O) groups is 2. The molecule has 0 spiro atoms. The molecule has 0 aliphatic carbocycles. The van der Waals surface area contributed by atoms with Gasteiger partial charge in [-0.1, -0.05) is 11.8 Å². The van der Waals surface area contributed by atoms with Crippen LogP contribution in [0.5, 0.6) is 0 Å². The molecule has 0 bridgehead atoms. The van der Waals surface area contributed by atoms with Crippen LogP contribution in [0.4, 0.5) is 5.69 Å². The van der Waals surface area contributed by atoms with E-state index in [1.165, 1.54) is 0 Å². The predicted octanol–water partition coefficient (Wildman–Crippen LogP) is 1.43. The van der Waals surface area contributed by atoms with Crippen molar-refractivity contribution in [3.63, 3.8) is 0 Å². The molecule has 7 nitrogen and oxygen atoms in total. The van der Waals surface area contributed by atoms with Crippen LogP contribution in [-0.4, -0.2) is 32.4 Å². The summed E-state index contributed by atoms with van der Waals surface area (Å²) in [5.74, 6) is -2.42. The number of carboxylic acids is 2. The van der Waals surface area contributed by atoms with Gasteiger partial charge in [0.25, 0.3) is 5.22 Å². The lowest BCUT2D eigenvalue weighted by atomic mass is 10.3. The molecule has 1 aromatic carbocycles. The van der Waals surface area contributed by atoms with Gasteiger partial charge in [-0.05, 0) is 12.1 Å². The predicted molar refractivity (Wildman–Crippen MR) is 68.0 cm³/mol. The molecule has 0 aliphatic rings. The largest absolute Gasteiger partial charge is 0.481 e. The number of aromatic nitrogens is 1. The minimum absolute atomic E-state index is 0.106. The van der Waals surface area contributed by atoms with E-state index in [0.717, 1.165) is 11.8 Å². The highest BCUT2D eigenvalue weighted by Gasteiger charge is 2.24. The van der Waals surface area contributed by atoms with Crippen LogP contribution < -0.4 is 5.73 Å². The summed E-state index contributed by atoms with van der Waals surface area (Å²) in [5.41, 5.74) is 7.05. The zero-order valence-corrected chi connectivity index (χ0v) is 10.4. The van der Waals surface area contributed by atoms with Gasteiger partial charge in [-0.25, -0.2) is 4.98 Å². The van der Waals surface area contributed by atoms with Gasteiger partial charge in [0.2, 0.25) is 0 Å². The number of oxazole rings is 1. The number of benzene rings is 1. The van der Waals surface area contributed by atoms with E-state index >= 15 is 0 Å². The lowest BCUT2D eigenvalue weighted by Crippen LogP contribution is -2.20. The van der Waals surface area contributed by atoms with Crippen LogP contribution in [0.15, 0.2) is 27.8 Å². The third-order valence-corrected chi connectivity index (χ3v) is 3.30. The van der Waals surface area contributed by atoms with Gasteiger partial charge in [-0.3, -0.25) is 9.59 Å². The Balaban J connectivity index is 2.23. The number of rotatable bonds is 5. The third kappa shape index (κ3) is 3.16. The van der Waals surface area contributed by atoms with Gasteiger partial charge in [0.05, 0.1) is 6.42 Å². The number of hydrogen-bond donors (Lipinski definition) is 3. The van der Waals surface area contributed by atoms with E-state index < -0.39 is 23.6 Å². The number of anilines is 1. The maximum Gasteiger partial charge on any atom is 0.317 e. The minimum atomic E-state index is -1.23. The molecule has 1 unspecified atom stereocenters. The van der Waals surface area contributed by atoms with E-state index in [4.69, 9.17) is 20.4 Å². The third-order valence-electron chi connectivity index (χ3n) is 2.27. The van der Waals surface area contributed by atoms with Crippen molar-refractivity contribution >= 4 is 40.5 Å². The van der Waals surface area contributed by atoms with Crippen LogP contribution in [0.25, 0.3) is 11.1 Å². The fourth-order valence-electron chi connectivity index (χ4n) is 1.43. The fourth-order valence-corrected chi connectivity index (χ4v) is 2.29. The zero-order chi connectivity index (χ0) is 14.0. The Morgan fingerprint density at radius 2 is 2.16 bits per heavy atom. The van der Waals surface area contributed by atoms with E-state index in [1.54, 1.807) is 18.2 Å². The van der Waals surface area contributed by atoms with Gasteiger partial charge in [-0.15, -0.1) is 0 Å². The van der Waals surface area contributed by atoms with Crippen molar-refractivity contribution < 1.29 is 24.2 Å². The molecule has 4 N–H and O–H groups in total. The Morgan fingerprint density at radius 1 is 1.42 bits per heavy atom. The van der Waals surface area contributed by atoms with E-state index in [9.17, 15) is 9.59 Å². The van der Waals surface area contributed by atoms with Crippen LogP contribution in [0.2, 0.25) is 0 Å². The summed E-state index contributed by atoms with van der Waals surface area (Å²) in [5, 5.41) is 16.5. The van der Waals surface area contributed by atoms with E-state index in [-0.39, 0.29) is 5.22 Å². The molecule has 0 radical (unpaired) electrons. The van der Waals surface area contributed by atoms with Gasteiger partial charge >= 0.3 is 11.9 Å². The first kappa shape index (κ1) is 13.2. The smallest absolute Gasteiger partial charge is 0.317 e. The number of thioether (sulfide) groups is 1. The van der Waals surface area contributed by atoms with Gasteiger partial charge < -0.3 is 20.4 Å². The maximum atomic E-state index is 10.9. The van der Waals surface area contributed by atoms with E-state index in [0.29, 0.717) is 16.8 Å². The Hall–Kier alpha value is -2.22. The molecule has 2 rings (SSSR count). The summed E-state index contributed by atoms with van der Waals surface area (Å²) in [6, 6.07) is 4.86. The highest BCUT2D eigenvalue weighted by atomic mass is 32.2. The summed E-state index contributed by atoms with van der Waals surface area (Å²) >= 11 is 0.758. The number of aliphatic carboxylic acids is 2. The van der Waals surface area contributed by atoms with E-state index in [2.05, 4.69) is 4.98 Å². The number of hydrogen-bond acceptors (Lipinski definition) is 6. The zero-order valence-electron chi connectivity index (χ0n) is 9.57. The summed E-state index contributed by atoms with van der Waals surface area (Å²) in [4.78, 5) is 25.6. The molecule has 2 aromatic rings. The highest BCUT2D eigenvalue weighted by Crippen LogP contribution is 2.29. The van der Waals surface area contributed by atoms with Gasteiger partial charge in [-0.2, -0.15) is 0 Å². The Kier molecular flexibility index (Phi) is 3.61. The number of nitrogens with two attached hydrogens (primary N) is 1. The molecular formula is C11H10N2O5S. The molecule has 8 heteroatoms. The van der Waals surface area contributed by atoms with Crippen molar-refractivity contribution in [2.75, 3.05) is 5.73 Å². The first-order chi connectivity index (χ1) is 8.95. The van der Waals surface area contributed by atoms with Gasteiger partial charge in [0, 0.05) is 11.8 Å². The van der Waals surface area contributed by atoms with Crippen molar-refractivity contribution in [3.05, 3.63) is 18.2 Å². The summed E-state index contributed by atoms with van der Waals surface area (Å²) in [6.07, 6.45) is -0.513. The Labute approximate surface area is 111 Å². The molecule has 1 aromatic heterocycles. The standard InChI is InChI=1S/C11H10N2O5S/c12-5-1-2-6-7(3-5)18-11(13-6)19-8(10(16)17)4-9(14)15/h1-3,8H,4,12H2,(H,14,15)(H,16,17). The lowest BCUT2D eigenvalue weighted by Gasteiger charge is -2.05. The Morgan fingerprint density at radius 3 is 2.79 bits per heavy atom. The summed E-state index contributed by atoms with van der Waals surface area (Å²) in [7, 11) is 0. The SMILES string of the molecule is Nc1ccc2nc(SC(CC(=O)O)C(=O)O)oc2c1. The second-order valence-electron chi connectivity index (χ2n) is 3.75. The maximum absolute atomic E-state index is 10.9. The first-order valence-electron chi connectivity index (χ1n) is 5.23. The fraction of sp³-hybridized carbons (Fsp3) is 0.182. The molecule has 19 heavy (non-hydrogen) atoms. The van der Waals surface area contributed by atoms with Crippen molar-refractivity contribution in [1.29, 1.82) is 0 Å². The minimum Gasteiger partial charge on any atom is -0.481 e. The van der Waals surface area contributed by atoms with E-state index in [1.807, 2.05) is 0 Å². The summed E-state index contributed by atoms with van der Waals surface area (Å²) in [6.45, 7) is 0. The van der Waals surface area contributed by atoms with Crippen LogP contribution in [0.1, 0.15) is 6.42 Å². The molecule has 0 saturated heterocycles. The molecule has 100 valence electrons. The van der Waals surface area contributed by atoms with Crippen molar-refractivity contribution in [2.24, 2.45) is 0 Å². The normalized spacial score (nSPS) is 12.4. The Bertz CT molecular complexity index is 639. The van der Waals surface area contributed by atoms with Crippen LogP contribution >= 0.6 is 11.8 Å². The molecule has 0 saturated carbocycles. The van der Waals surface area contributed by atoms with Crippen LogP contribution in [-0.2, 0) is 9.59 Å². The average Bonchev–Trinajstić information content (AvgIpc) is 2.68. The quantitative estimate of drug-likeness (QED) is 0.555. The molecule has 1 atom stereocenters. The number of nitrogen functional groups attached to an aromatic ring is 1. The molecule has 0 amide bonds. The number of nitrogens with zero attached hydrogens (tertiary/aromatic N) is 1. The second-order valence-corrected chi connectivity index (χ2v) is 4.90. The molecular weight excluding hydrogens is 272 g/mol. The topological polar surface area (TPSA) is 127 Å². The molecule has 0 fully saturated rings. The second kappa shape index (κ2) is 5.19. The van der Waals surface area contributed by atoms with Crippen LogP contribution in [0.3, 0.4) is 0 Å². The highest BCUT2D eigenvalue weighted by molar-refractivity contribution is 8.00. The number of carboxylic acid groups (broad SMARTS) is 2. The van der Waals surface area contributed by atoms with Gasteiger partial charge in [0.15, 0.2) is 5.58 Å². The van der Waals surface area contributed by atoms with Crippen molar-refractivity contribution in [3.8, 4) is 0 Å². The van der Waals surface area contributed by atoms with Crippen LogP contribution in [0, 0.1) is 0 Å². The first-order valence-corrected chi connectivity index (χ1v) is 6.11. The molecule has 1 heterocycles. The van der Waals surface area contributed by atoms with Crippen molar-refractivity contribution in [2.45, 2.75) is 16.9 Å². The van der Waals surface area contributed by atoms with Gasteiger partial charge in [0.1, 0.15) is 10.8 Å². The van der Waals surface area contributed by atoms with Crippen molar-refractivity contribution in [1.82, 2.24) is 4.98 Å². The number of fused-ring (bicyclic) bond motifs is 1. The lowest BCUT2D eigenvalue weighted by molar-refractivity contribution is -0.142. The summed E-state index contributed by atoms with van der Waals surface area (Å²) < 4.78 is 5.33. The average molecular weight is 282 g/mol.